The van der Waals surface area contributed by atoms with Crippen LogP contribution >= 0.6 is 0 Å². The molecule has 2 aliphatic rings. The normalized spacial score (nSPS) is 29.0. The van der Waals surface area contributed by atoms with Gasteiger partial charge in [0, 0.05) is 19.1 Å². The van der Waals surface area contributed by atoms with Crippen molar-refractivity contribution in [2.24, 2.45) is 17.3 Å². The topological polar surface area (TPSA) is 32.3 Å². The summed E-state index contributed by atoms with van der Waals surface area (Å²) in [4.78, 5) is 15.0. The Morgan fingerprint density at radius 3 is 2.43 bits per heavy atom. The molecule has 2 atom stereocenters. The summed E-state index contributed by atoms with van der Waals surface area (Å²) >= 11 is 0. The van der Waals surface area contributed by atoms with E-state index in [9.17, 15) is 4.79 Å². The van der Waals surface area contributed by atoms with E-state index in [1.54, 1.807) is 0 Å². The second-order valence-electron chi connectivity index (χ2n) is 7.69. The van der Waals surface area contributed by atoms with Crippen molar-refractivity contribution in [3.63, 3.8) is 0 Å². The minimum absolute atomic E-state index is 0.129. The quantitative estimate of drug-likeness (QED) is 0.789. The molecule has 0 radical (unpaired) electrons. The molecular formula is C18H32N2O. The van der Waals surface area contributed by atoms with Crippen molar-refractivity contribution in [1.29, 1.82) is 0 Å². The molecule has 3 nitrogen and oxygen atoms in total. The third kappa shape index (κ3) is 3.88. The predicted octanol–water partition coefficient (Wildman–Crippen LogP) is 3.22. The summed E-state index contributed by atoms with van der Waals surface area (Å²) < 4.78 is 0. The van der Waals surface area contributed by atoms with E-state index in [2.05, 4.69) is 50.9 Å². The number of amides is 1. The molecule has 3 heteroatoms. The number of carbonyl (C=O) groups excluding carboxylic acids is 1. The average molecular weight is 292 g/mol. The van der Waals surface area contributed by atoms with Crippen LogP contribution in [0, 0.1) is 17.3 Å². The zero-order valence-corrected chi connectivity index (χ0v) is 14.4. The number of nitrogens with one attached hydrogen (secondary N) is 1. The fourth-order valence-corrected chi connectivity index (χ4v) is 3.76. The highest BCUT2D eigenvalue weighted by atomic mass is 16.2. The average Bonchev–Trinajstić information content (AvgIpc) is 2.92. The third-order valence-electron chi connectivity index (χ3n) is 5.18. The molecule has 1 heterocycles. The number of hydrogen-bond acceptors (Lipinski definition) is 2. The molecule has 0 aromatic heterocycles. The van der Waals surface area contributed by atoms with Gasteiger partial charge < -0.3 is 10.2 Å². The zero-order valence-electron chi connectivity index (χ0n) is 14.4. The molecule has 1 aliphatic carbocycles. The van der Waals surface area contributed by atoms with E-state index in [4.69, 9.17) is 0 Å². The van der Waals surface area contributed by atoms with Crippen molar-refractivity contribution in [3.05, 3.63) is 11.6 Å². The van der Waals surface area contributed by atoms with Crippen LogP contribution in [0.2, 0.25) is 0 Å². The van der Waals surface area contributed by atoms with Crippen LogP contribution in [0.4, 0.5) is 0 Å². The Morgan fingerprint density at radius 1 is 1.29 bits per heavy atom. The van der Waals surface area contributed by atoms with Gasteiger partial charge in [-0.15, -0.1) is 0 Å². The number of likely N-dealkylation sites (tertiary alicyclic amines) is 1. The van der Waals surface area contributed by atoms with Gasteiger partial charge in [0.15, 0.2) is 0 Å². The van der Waals surface area contributed by atoms with Crippen LogP contribution < -0.4 is 5.32 Å². The largest absolute Gasteiger partial charge is 0.353 e. The molecule has 0 spiro atoms. The lowest BCUT2D eigenvalue weighted by Gasteiger charge is -2.32. The highest BCUT2D eigenvalue weighted by Crippen LogP contribution is 2.59. The van der Waals surface area contributed by atoms with E-state index in [1.807, 2.05) is 0 Å². The minimum Gasteiger partial charge on any atom is -0.353 e. The Hall–Kier alpha value is -0.830. The number of allylic oxidation sites excluding steroid dienone is 2. The van der Waals surface area contributed by atoms with Crippen LogP contribution in [0.25, 0.3) is 0 Å². The van der Waals surface area contributed by atoms with Crippen molar-refractivity contribution in [2.75, 3.05) is 19.6 Å². The molecular weight excluding hydrogens is 260 g/mol. The fourth-order valence-electron chi connectivity index (χ4n) is 3.76. The molecule has 1 saturated carbocycles. The summed E-state index contributed by atoms with van der Waals surface area (Å²) in [5.74, 6) is 0.861. The summed E-state index contributed by atoms with van der Waals surface area (Å²) in [5.41, 5.74) is 1.45. The monoisotopic (exact) mass is 292 g/mol. The van der Waals surface area contributed by atoms with E-state index in [-0.39, 0.29) is 17.2 Å². The lowest BCUT2D eigenvalue weighted by molar-refractivity contribution is -0.124. The van der Waals surface area contributed by atoms with E-state index < -0.39 is 0 Å². The van der Waals surface area contributed by atoms with Crippen LogP contribution in [0.1, 0.15) is 53.9 Å². The van der Waals surface area contributed by atoms with Gasteiger partial charge in [0.05, 0.1) is 5.92 Å². The van der Waals surface area contributed by atoms with Crippen molar-refractivity contribution in [3.8, 4) is 0 Å². The number of carbonyl (C=O) groups is 1. The lowest BCUT2D eigenvalue weighted by atomic mass is 10.0. The summed E-state index contributed by atoms with van der Waals surface area (Å²) in [5, 5.41) is 3.31. The van der Waals surface area contributed by atoms with E-state index in [1.165, 1.54) is 18.5 Å². The summed E-state index contributed by atoms with van der Waals surface area (Å²) in [6.45, 7) is 14.3. The molecule has 1 aliphatic heterocycles. The van der Waals surface area contributed by atoms with Gasteiger partial charge >= 0.3 is 0 Å². The molecule has 1 saturated heterocycles. The highest BCUT2D eigenvalue weighted by molar-refractivity contribution is 5.84. The van der Waals surface area contributed by atoms with Crippen LogP contribution in [0.5, 0.6) is 0 Å². The lowest BCUT2D eigenvalue weighted by Crippen LogP contribution is -2.45. The minimum atomic E-state index is 0.129. The Balaban J connectivity index is 1.82. The summed E-state index contributed by atoms with van der Waals surface area (Å²) in [6.07, 6.45) is 5.70. The predicted molar refractivity (Wildman–Crippen MR) is 88.1 cm³/mol. The molecule has 2 unspecified atom stereocenters. The van der Waals surface area contributed by atoms with E-state index >= 15 is 0 Å². The van der Waals surface area contributed by atoms with Crippen LogP contribution in [0.15, 0.2) is 11.6 Å². The third-order valence-corrected chi connectivity index (χ3v) is 5.18. The first-order valence-electron chi connectivity index (χ1n) is 8.54. The molecule has 2 fully saturated rings. The Morgan fingerprint density at radius 2 is 1.90 bits per heavy atom. The van der Waals surface area contributed by atoms with Crippen LogP contribution in [-0.4, -0.2) is 36.5 Å². The maximum Gasteiger partial charge on any atom is 0.224 e. The van der Waals surface area contributed by atoms with E-state index in [0.717, 1.165) is 25.9 Å². The first-order valence-corrected chi connectivity index (χ1v) is 8.54. The second kappa shape index (κ2) is 6.51. The van der Waals surface area contributed by atoms with Gasteiger partial charge in [0.1, 0.15) is 0 Å². The van der Waals surface area contributed by atoms with Gasteiger partial charge in [-0.25, -0.2) is 0 Å². The summed E-state index contributed by atoms with van der Waals surface area (Å²) in [6, 6.07) is 0.384. The molecule has 2 rings (SSSR count). The number of hydrogen-bond donors (Lipinski definition) is 1. The first-order chi connectivity index (χ1) is 9.86. The van der Waals surface area contributed by atoms with E-state index in [0.29, 0.717) is 12.0 Å². The molecule has 0 aromatic carbocycles. The van der Waals surface area contributed by atoms with Crippen LogP contribution in [0.3, 0.4) is 0 Å². The van der Waals surface area contributed by atoms with Crippen molar-refractivity contribution < 1.29 is 4.79 Å². The molecule has 0 bridgehead atoms. The highest BCUT2D eigenvalue weighted by Gasteiger charge is 2.60. The molecule has 21 heavy (non-hydrogen) atoms. The first kappa shape index (κ1) is 16.5. The van der Waals surface area contributed by atoms with Gasteiger partial charge in [0.25, 0.3) is 0 Å². The Labute approximate surface area is 130 Å². The van der Waals surface area contributed by atoms with Gasteiger partial charge in [-0.3, -0.25) is 4.79 Å². The number of rotatable bonds is 5. The van der Waals surface area contributed by atoms with Gasteiger partial charge in [-0.2, -0.15) is 0 Å². The van der Waals surface area contributed by atoms with Crippen LogP contribution in [-0.2, 0) is 4.79 Å². The Kier molecular flexibility index (Phi) is 5.13. The fraction of sp³-hybridized carbons (Fsp3) is 0.833. The van der Waals surface area contributed by atoms with Crippen molar-refractivity contribution >= 4 is 5.91 Å². The maximum absolute atomic E-state index is 12.5. The number of nitrogens with zero attached hydrogens (tertiary/aromatic N) is 1. The van der Waals surface area contributed by atoms with Gasteiger partial charge in [0.2, 0.25) is 5.91 Å². The number of piperidine rings is 1. The van der Waals surface area contributed by atoms with Crippen molar-refractivity contribution in [2.45, 2.75) is 59.9 Å². The molecule has 120 valence electrons. The summed E-state index contributed by atoms with van der Waals surface area (Å²) in [7, 11) is 0. The maximum atomic E-state index is 12.5. The smallest absolute Gasteiger partial charge is 0.224 e. The van der Waals surface area contributed by atoms with Crippen molar-refractivity contribution in [1.82, 2.24) is 10.2 Å². The SMILES string of the molecule is CCCN1CCC(NC(=O)C2C(C=C(C)C)C2(C)C)CC1. The Bertz CT molecular complexity index is 401. The molecule has 1 N–H and O–H groups in total. The standard InChI is InChI=1S/C18H32N2O/c1-6-9-20-10-7-14(8-11-20)19-17(21)16-15(12-13(2)3)18(16,4)5/h12,14-16H,6-11H2,1-5H3,(H,19,21). The van der Waals surface area contributed by atoms with Gasteiger partial charge in [-0.05, 0) is 51.0 Å². The second-order valence-corrected chi connectivity index (χ2v) is 7.69. The molecule has 1 amide bonds. The van der Waals surface area contributed by atoms with Gasteiger partial charge in [-0.1, -0.05) is 32.4 Å². The molecule has 0 aromatic rings. The zero-order chi connectivity index (χ0) is 15.6.